The molecule has 0 radical (unpaired) electrons. The second-order valence-electron chi connectivity index (χ2n) is 3.06. The molecule has 0 unspecified atom stereocenters. The normalized spacial score (nSPS) is 8.53. The Morgan fingerprint density at radius 3 is 1.27 bits per heavy atom. The fourth-order valence-corrected chi connectivity index (χ4v) is 1.08. The molecule has 0 heterocycles. The summed E-state index contributed by atoms with van der Waals surface area (Å²) in [7, 11) is 0. The van der Waals surface area contributed by atoms with E-state index in [2.05, 4.69) is 0 Å². The number of carboxylic acids is 2. The first-order valence-corrected chi connectivity index (χ1v) is 4.56. The van der Waals surface area contributed by atoms with Gasteiger partial charge in [-0.3, -0.25) is 9.59 Å². The largest absolute Gasteiger partial charge is 0.481 e. The topological polar surface area (TPSA) is 106 Å². The maximum Gasteiger partial charge on any atom is 0.303 e. The summed E-state index contributed by atoms with van der Waals surface area (Å²) in [6.45, 7) is 0. The van der Waals surface area contributed by atoms with Crippen LogP contribution in [0.5, 0.6) is 0 Å². The van der Waals surface area contributed by atoms with E-state index in [-0.39, 0.29) is 37.8 Å². The van der Waals surface area contributed by atoms with E-state index in [1.165, 1.54) is 0 Å². The molecule has 0 spiro atoms. The van der Waals surface area contributed by atoms with Crippen molar-refractivity contribution in [3.8, 4) is 0 Å². The first kappa shape index (κ1) is 20.0. The molecule has 0 aromatic carbocycles. The van der Waals surface area contributed by atoms with Crippen molar-refractivity contribution in [1.82, 2.24) is 0 Å². The summed E-state index contributed by atoms with van der Waals surface area (Å²) in [6, 6.07) is 0. The van der Waals surface area contributed by atoms with Gasteiger partial charge < -0.3 is 15.7 Å². The second-order valence-corrected chi connectivity index (χ2v) is 3.06. The van der Waals surface area contributed by atoms with Crippen molar-refractivity contribution >= 4 is 11.9 Å². The molecule has 0 amide bonds. The van der Waals surface area contributed by atoms with Crippen molar-refractivity contribution in [3.63, 3.8) is 0 Å². The quantitative estimate of drug-likeness (QED) is 0.508. The Balaban J connectivity index is -0.000000720. The van der Waals surface area contributed by atoms with Crippen LogP contribution in [0.3, 0.4) is 0 Å². The van der Waals surface area contributed by atoms with Crippen molar-refractivity contribution in [2.24, 2.45) is 0 Å². The molecule has 0 rings (SSSR count). The van der Waals surface area contributed by atoms with Gasteiger partial charge in [0.25, 0.3) is 0 Å². The van der Waals surface area contributed by atoms with Gasteiger partial charge in [0, 0.05) is 32.3 Å². The standard InChI is InChI=1S/C9H16O4.H2O.Zn/c10-8(11)6-4-2-1-3-5-7-9(12)13;;/h1-7H2,(H,10,11)(H,12,13);1H2;. The fourth-order valence-electron chi connectivity index (χ4n) is 1.08. The number of unbranched alkanes of at least 4 members (excludes halogenated alkanes) is 4. The van der Waals surface area contributed by atoms with Crippen LogP contribution in [0.15, 0.2) is 0 Å². The van der Waals surface area contributed by atoms with Crippen LogP contribution in [0.4, 0.5) is 0 Å². The van der Waals surface area contributed by atoms with Crippen molar-refractivity contribution < 1.29 is 44.8 Å². The molecule has 0 aromatic rings. The number of rotatable bonds is 8. The van der Waals surface area contributed by atoms with Crippen LogP contribution >= 0.6 is 0 Å². The summed E-state index contributed by atoms with van der Waals surface area (Å²) < 4.78 is 0. The minimum Gasteiger partial charge on any atom is -0.481 e. The maximum atomic E-state index is 10.1. The fraction of sp³-hybridized carbons (Fsp3) is 0.778. The van der Waals surface area contributed by atoms with Gasteiger partial charge in [0.1, 0.15) is 0 Å². The number of carboxylic acid groups (broad SMARTS) is 2. The summed E-state index contributed by atoms with van der Waals surface area (Å²) in [6.07, 6.45) is 4.53. The molecule has 0 saturated carbocycles. The first-order chi connectivity index (χ1) is 6.13. The van der Waals surface area contributed by atoms with Gasteiger partial charge in [-0.2, -0.15) is 0 Å². The minimum absolute atomic E-state index is 0. The van der Waals surface area contributed by atoms with E-state index in [0.717, 1.165) is 19.3 Å². The second kappa shape index (κ2) is 13.5. The van der Waals surface area contributed by atoms with Crippen molar-refractivity contribution in [2.45, 2.75) is 44.9 Å². The summed E-state index contributed by atoms with van der Waals surface area (Å²) in [5.74, 6) is -1.52. The Labute approximate surface area is 102 Å². The van der Waals surface area contributed by atoms with Crippen LogP contribution in [0.25, 0.3) is 0 Å². The van der Waals surface area contributed by atoms with Gasteiger partial charge in [-0.1, -0.05) is 19.3 Å². The zero-order valence-electron chi connectivity index (χ0n) is 8.87. The molecule has 86 valence electrons. The molecule has 0 atom stereocenters. The zero-order valence-corrected chi connectivity index (χ0v) is 11.8. The van der Waals surface area contributed by atoms with Crippen LogP contribution < -0.4 is 0 Å². The molecule has 6 heteroatoms. The number of hydrogen-bond acceptors (Lipinski definition) is 2. The maximum absolute atomic E-state index is 10.1. The van der Waals surface area contributed by atoms with Crippen LogP contribution in [0.1, 0.15) is 44.9 Å². The zero-order chi connectivity index (χ0) is 10.1. The van der Waals surface area contributed by atoms with E-state index in [4.69, 9.17) is 10.2 Å². The molecule has 4 N–H and O–H groups in total. The monoisotopic (exact) mass is 270 g/mol. The Morgan fingerprint density at radius 2 is 1.00 bits per heavy atom. The van der Waals surface area contributed by atoms with Gasteiger partial charge in [0.2, 0.25) is 0 Å². The van der Waals surface area contributed by atoms with E-state index in [0.29, 0.717) is 12.8 Å². The van der Waals surface area contributed by atoms with Gasteiger partial charge in [-0.15, -0.1) is 0 Å². The summed E-state index contributed by atoms with van der Waals surface area (Å²) >= 11 is 0. The minimum atomic E-state index is -0.759. The molecule has 15 heavy (non-hydrogen) atoms. The summed E-state index contributed by atoms with van der Waals surface area (Å²) in [4.78, 5) is 20.2. The Bertz CT molecular complexity index is 154. The van der Waals surface area contributed by atoms with Crippen LogP contribution in [0.2, 0.25) is 0 Å². The van der Waals surface area contributed by atoms with Gasteiger partial charge in [0.05, 0.1) is 0 Å². The Morgan fingerprint density at radius 1 is 0.733 bits per heavy atom. The summed E-state index contributed by atoms with van der Waals surface area (Å²) in [5, 5.41) is 16.6. The Kier molecular flexibility index (Phi) is 18.0. The predicted molar refractivity (Wildman–Crippen MR) is 51.2 cm³/mol. The van der Waals surface area contributed by atoms with Gasteiger partial charge >= 0.3 is 11.9 Å². The van der Waals surface area contributed by atoms with Crippen molar-refractivity contribution in [2.75, 3.05) is 0 Å². The Hall–Kier alpha value is -0.477. The van der Waals surface area contributed by atoms with Gasteiger partial charge in [-0.05, 0) is 12.8 Å². The molecule has 0 aliphatic rings. The third-order valence-corrected chi connectivity index (χ3v) is 1.78. The molecule has 0 bridgehead atoms. The third kappa shape index (κ3) is 19.8. The summed E-state index contributed by atoms with van der Waals surface area (Å²) in [5.41, 5.74) is 0. The van der Waals surface area contributed by atoms with E-state index in [9.17, 15) is 9.59 Å². The van der Waals surface area contributed by atoms with E-state index in [1.807, 2.05) is 0 Å². The van der Waals surface area contributed by atoms with Crippen molar-refractivity contribution in [1.29, 1.82) is 0 Å². The number of carbonyl (C=O) groups is 2. The van der Waals surface area contributed by atoms with E-state index in [1.54, 1.807) is 0 Å². The molecule has 0 aliphatic carbocycles. The van der Waals surface area contributed by atoms with E-state index < -0.39 is 11.9 Å². The molecule has 0 aliphatic heterocycles. The van der Waals surface area contributed by atoms with Crippen LogP contribution in [-0.2, 0) is 29.1 Å². The molecule has 0 aromatic heterocycles. The number of aliphatic carboxylic acids is 2. The van der Waals surface area contributed by atoms with Crippen LogP contribution in [-0.4, -0.2) is 27.6 Å². The predicted octanol–water partition coefficient (Wildman–Crippen LogP) is 1.06. The molecular formula is C9H18O5Zn. The van der Waals surface area contributed by atoms with Crippen molar-refractivity contribution in [3.05, 3.63) is 0 Å². The van der Waals surface area contributed by atoms with E-state index >= 15 is 0 Å². The number of hydrogen-bond donors (Lipinski definition) is 2. The first-order valence-electron chi connectivity index (χ1n) is 4.56. The average molecular weight is 272 g/mol. The van der Waals surface area contributed by atoms with Gasteiger partial charge in [-0.25, -0.2) is 0 Å². The van der Waals surface area contributed by atoms with Crippen LogP contribution in [0, 0.1) is 0 Å². The SMILES string of the molecule is O.O=C(O)CCCCCCCC(=O)O.[Zn]. The smallest absolute Gasteiger partial charge is 0.303 e. The molecular weight excluding hydrogens is 253 g/mol. The third-order valence-electron chi connectivity index (χ3n) is 1.78. The molecule has 0 saturated heterocycles. The molecule has 0 fully saturated rings. The van der Waals surface area contributed by atoms with Gasteiger partial charge in [0.15, 0.2) is 0 Å². The molecule has 5 nitrogen and oxygen atoms in total. The average Bonchev–Trinajstić information content (AvgIpc) is 2.01.